The Morgan fingerprint density at radius 1 is 1.24 bits per heavy atom. The highest BCUT2D eigenvalue weighted by molar-refractivity contribution is 5.98. The topological polar surface area (TPSA) is 121 Å². The monoisotopic (exact) mass is 458 g/mol. The summed E-state index contributed by atoms with van der Waals surface area (Å²) in [6.45, 7) is 5.47. The molecule has 2 aliphatic heterocycles. The third-order valence-electron chi connectivity index (χ3n) is 6.61. The maximum Gasteiger partial charge on any atom is 0.256 e. The number of rotatable bonds is 9. The van der Waals surface area contributed by atoms with Crippen LogP contribution >= 0.6 is 0 Å². The molecule has 33 heavy (non-hydrogen) atoms. The van der Waals surface area contributed by atoms with Crippen LogP contribution in [0.2, 0.25) is 0 Å². The zero-order valence-corrected chi connectivity index (χ0v) is 19.0. The van der Waals surface area contributed by atoms with E-state index in [1.807, 2.05) is 4.90 Å². The average molecular weight is 459 g/mol. The molecule has 1 saturated carbocycles. The first-order valence-corrected chi connectivity index (χ1v) is 11.9. The van der Waals surface area contributed by atoms with Gasteiger partial charge in [-0.3, -0.25) is 24.3 Å². The highest BCUT2D eigenvalue weighted by Crippen LogP contribution is 2.34. The molecule has 3 amide bonds. The summed E-state index contributed by atoms with van der Waals surface area (Å²) in [5, 5.41) is 2.82. The van der Waals surface area contributed by atoms with Gasteiger partial charge in [0.1, 0.15) is 6.04 Å². The molecule has 2 atom stereocenters. The molecule has 1 aromatic heterocycles. The number of aromatic nitrogens is 1. The number of hydrogen-bond donors (Lipinski definition) is 2. The third kappa shape index (κ3) is 5.87. The Morgan fingerprint density at radius 3 is 2.70 bits per heavy atom. The van der Waals surface area contributed by atoms with Crippen LogP contribution in [-0.2, 0) is 14.3 Å². The van der Waals surface area contributed by atoms with E-state index in [1.54, 1.807) is 23.2 Å². The van der Waals surface area contributed by atoms with Crippen molar-refractivity contribution < 1.29 is 19.1 Å². The van der Waals surface area contributed by atoms with E-state index in [4.69, 9.17) is 10.5 Å². The molecule has 10 nitrogen and oxygen atoms in total. The van der Waals surface area contributed by atoms with Gasteiger partial charge < -0.3 is 25.6 Å². The Balaban J connectivity index is 1.51. The molecule has 0 bridgehead atoms. The number of likely N-dealkylation sites (tertiary alicyclic amines) is 1. The molecular weight excluding hydrogens is 424 g/mol. The number of nitrogens with zero attached hydrogens (tertiary/aromatic N) is 4. The van der Waals surface area contributed by atoms with Gasteiger partial charge in [-0.25, -0.2) is 0 Å². The lowest BCUT2D eigenvalue weighted by molar-refractivity contribution is -0.135. The number of morpholine rings is 1. The number of pyridine rings is 1. The number of amides is 3. The zero-order valence-electron chi connectivity index (χ0n) is 19.0. The van der Waals surface area contributed by atoms with Crippen molar-refractivity contribution in [2.24, 2.45) is 11.7 Å². The summed E-state index contributed by atoms with van der Waals surface area (Å²) < 4.78 is 5.43. The van der Waals surface area contributed by atoms with Crippen LogP contribution in [0.4, 0.5) is 0 Å². The lowest BCUT2D eigenvalue weighted by Gasteiger charge is -2.33. The van der Waals surface area contributed by atoms with Crippen LogP contribution in [0.25, 0.3) is 0 Å². The van der Waals surface area contributed by atoms with Gasteiger partial charge in [0.15, 0.2) is 0 Å². The SMILES string of the molecule is NCCNC(=O)C1CC(N(CCN2CCOCC2)C(=O)C2CC2)CN1C(=O)c1cccnc1. The number of carbonyl (C=O) groups excluding carboxylic acids is 3. The minimum absolute atomic E-state index is 0.0716. The second-order valence-electron chi connectivity index (χ2n) is 8.94. The molecule has 0 radical (unpaired) electrons. The Labute approximate surface area is 194 Å². The van der Waals surface area contributed by atoms with Gasteiger partial charge in [-0.05, 0) is 31.4 Å². The summed E-state index contributed by atoms with van der Waals surface area (Å²) >= 11 is 0. The van der Waals surface area contributed by atoms with Crippen LogP contribution in [0.15, 0.2) is 24.5 Å². The molecule has 2 saturated heterocycles. The lowest BCUT2D eigenvalue weighted by Crippen LogP contribution is -2.48. The van der Waals surface area contributed by atoms with Crippen LogP contribution in [-0.4, -0.2) is 109 Å². The van der Waals surface area contributed by atoms with Crippen molar-refractivity contribution in [1.82, 2.24) is 25.0 Å². The van der Waals surface area contributed by atoms with Crippen molar-refractivity contribution in [1.29, 1.82) is 0 Å². The number of hydrogen-bond acceptors (Lipinski definition) is 7. The van der Waals surface area contributed by atoms with Gasteiger partial charge in [-0.15, -0.1) is 0 Å². The van der Waals surface area contributed by atoms with Crippen molar-refractivity contribution in [3.8, 4) is 0 Å². The van der Waals surface area contributed by atoms with Crippen molar-refractivity contribution in [3.05, 3.63) is 30.1 Å². The van der Waals surface area contributed by atoms with E-state index in [1.165, 1.54) is 6.20 Å². The molecule has 3 fully saturated rings. The van der Waals surface area contributed by atoms with Crippen LogP contribution in [0.1, 0.15) is 29.6 Å². The third-order valence-corrected chi connectivity index (χ3v) is 6.61. The van der Waals surface area contributed by atoms with Crippen molar-refractivity contribution in [3.63, 3.8) is 0 Å². The Bertz CT molecular complexity index is 828. The molecular formula is C23H34N6O4. The molecule has 3 heterocycles. The van der Waals surface area contributed by atoms with Gasteiger partial charge in [0.2, 0.25) is 11.8 Å². The largest absolute Gasteiger partial charge is 0.379 e. The molecule has 180 valence electrons. The number of carbonyl (C=O) groups is 3. The summed E-state index contributed by atoms with van der Waals surface area (Å²) in [5.74, 6) is -0.259. The molecule has 1 aromatic rings. The molecule has 4 rings (SSSR count). The minimum Gasteiger partial charge on any atom is -0.379 e. The average Bonchev–Trinajstić information content (AvgIpc) is 3.62. The summed E-state index contributed by atoms with van der Waals surface area (Å²) in [7, 11) is 0. The predicted molar refractivity (Wildman–Crippen MR) is 121 cm³/mol. The highest BCUT2D eigenvalue weighted by atomic mass is 16.5. The summed E-state index contributed by atoms with van der Waals surface area (Å²) in [6, 6.07) is 2.55. The second kappa shape index (κ2) is 11.0. The molecule has 3 aliphatic rings. The smallest absolute Gasteiger partial charge is 0.256 e. The van der Waals surface area contributed by atoms with E-state index in [-0.39, 0.29) is 29.7 Å². The molecule has 0 aromatic carbocycles. The molecule has 10 heteroatoms. The number of nitrogens with one attached hydrogen (secondary N) is 1. The van der Waals surface area contributed by atoms with Gasteiger partial charge in [-0.1, -0.05) is 0 Å². The number of ether oxygens (including phenoxy) is 1. The van der Waals surface area contributed by atoms with Crippen molar-refractivity contribution in [2.45, 2.75) is 31.3 Å². The maximum absolute atomic E-state index is 13.3. The fourth-order valence-electron chi connectivity index (χ4n) is 4.59. The molecule has 3 N–H and O–H groups in total. The van der Waals surface area contributed by atoms with E-state index in [0.717, 1.165) is 32.5 Å². The van der Waals surface area contributed by atoms with Gasteiger partial charge in [0.25, 0.3) is 5.91 Å². The summed E-state index contributed by atoms with van der Waals surface area (Å²) in [4.78, 5) is 49.3. The number of nitrogens with two attached hydrogens (primary N) is 1. The van der Waals surface area contributed by atoms with Crippen LogP contribution in [0, 0.1) is 5.92 Å². The molecule has 0 spiro atoms. The fraction of sp³-hybridized carbons (Fsp3) is 0.652. The first-order chi connectivity index (χ1) is 16.1. The minimum atomic E-state index is -0.646. The first-order valence-electron chi connectivity index (χ1n) is 11.9. The molecule has 2 unspecified atom stereocenters. The fourth-order valence-corrected chi connectivity index (χ4v) is 4.59. The van der Waals surface area contributed by atoms with E-state index < -0.39 is 6.04 Å². The van der Waals surface area contributed by atoms with Crippen molar-refractivity contribution >= 4 is 17.7 Å². The molecule has 1 aliphatic carbocycles. The van der Waals surface area contributed by atoms with E-state index >= 15 is 0 Å². The Kier molecular flexibility index (Phi) is 7.89. The van der Waals surface area contributed by atoms with E-state index in [2.05, 4.69) is 15.2 Å². The van der Waals surface area contributed by atoms with E-state index in [9.17, 15) is 14.4 Å². The lowest BCUT2D eigenvalue weighted by atomic mass is 10.1. The maximum atomic E-state index is 13.3. The van der Waals surface area contributed by atoms with Gasteiger partial charge in [0.05, 0.1) is 24.8 Å². The Hall–Kier alpha value is -2.56. The summed E-state index contributed by atoms with van der Waals surface area (Å²) in [6.07, 6.45) is 5.37. The predicted octanol–water partition coefficient (Wildman–Crippen LogP) is -0.690. The first kappa shape index (κ1) is 23.6. The van der Waals surface area contributed by atoms with Crippen LogP contribution in [0.5, 0.6) is 0 Å². The van der Waals surface area contributed by atoms with Gasteiger partial charge in [-0.2, -0.15) is 0 Å². The van der Waals surface area contributed by atoms with E-state index in [0.29, 0.717) is 51.4 Å². The van der Waals surface area contributed by atoms with Gasteiger partial charge >= 0.3 is 0 Å². The quantitative estimate of drug-likeness (QED) is 0.502. The normalized spacial score (nSPS) is 23.4. The summed E-state index contributed by atoms with van der Waals surface area (Å²) in [5.41, 5.74) is 5.99. The second-order valence-corrected chi connectivity index (χ2v) is 8.94. The zero-order chi connectivity index (χ0) is 23.2. The van der Waals surface area contributed by atoms with Gasteiger partial charge in [0, 0.05) is 64.1 Å². The van der Waals surface area contributed by atoms with Crippen LogP contribution < -0.4 is 11.1 Å². The van der Waals surface area contributed by atoms with Crippen LogP contribution in [0.3, 0.4) is 0 Å². The highest BCUT2D eigenvalue weighted by Gasteiger charge is 2.45. The van der Waals surface area contributed by atoms with Crippen molar-refractivity contribution in [2.75, 3.05) is 59.0 Å². The Morgan fingerprint density at radius 2 is 2.03 bits per heavy atom. The standard InChI is InChI=1S/C23H34N6O4/c24-5-7-26-21(30)20-14-19(16-29(20)23(32)18-2-1-6-25-15-18)28(22(31)17-3-4-17)9-8-27-10-12-33-13-11-27/h1-2,6,15,17,19-20H,3-5,7-14,16,24H2,(H,26,30).